The van der Waals surface area contributed by atoms with E-state index in [2.05, 4.69) is 5.32 Å². The number of amides is 1. The topological polar surface area (TPSA) is 84.5 Å². The number of ether oxygens (including phenoxy) is 1. The minimum atomic E-state index is -5.16. The van der Waals surface area contributed by atoms with Crippen LogP contribution in [0.4, 0.5) is 32.0 Å². The lowest BCUT2D eigenvalue weighted by molar-refractivity contribution is -0.143. The second-order valence-corrected chi connectivity index (χ2v) is 8.32. The van der Waals surface area contributed by atoms with Gasteiger partial charge in [-0.1, -0.05) is 6.07 Å². The van der Waals surface area contributed by atoms with Crippen molar-refractivity contribution >= 4 is 21.6 Å². The molecule has 0 aromatic heterocycles. The van der Waals surface area contributed by atoms with Gasteiger partial charge in [-0.3, -0.25) is 4.79 Å². The molecule has 0 atom stereocenters. The molecule has 0 heterocycles. The Balaban J connectivity index is 2.02. The number of rotatable bonds is 8. The van der Waals surface area contributed by atoms with Gasteiger partial charge in [0, 0.05) is 25.2 Å². The molecule has 1 amide bonds. The Bertz CT molecular complexity index is 1040. The van der Waals surface area contributed by atoms with E-state index in [0.717, 1.165) is 0 Å². The van der Waals surface area contributed by atoms with Gasteiger partial charge in [0.2, 0.25) is 15.9 Å². The van der Waals surface area contributed by atoms with Gasteiger partial charge in [0.05, 0.1) is 22.6 Å². The van der Waals surface area contributed by atoms with E-state index in [-0.39, 0.29) is 43.7 Å². The van der Waals surface area contributed by atoms with Crippen molar-refractivity contribution in [1.82, 2.24) is 4.72 Å². The summed E-state index contributed by atoms with van der Waals surface area (Å²) in [6, 6.07) is 6.45. The van der Waals surface area contributed by atoms with Gasteiger partial charge in [-0.15, -0.1) is 0 Å². The first-order valence-corrected chi connectivity index (χ1v) is 10.5. The molecule has 32 heavy (non-hydrogen) atoms. The third-order valence-electron chi connectivity index (χ3n) is 3.91. The number of hydrogen-bond acceptors (Lipinski definition) is 4. The van der Waals surface area contributed by atoms with E-state index in [1.54, 1.807) is 18.2 Å². The van der Waals surface area contributed by atoms with Crippen molar-refractivity contribution in [3.05, 3.63) is 53.6 Å². The van der Waals surface area contributed by atoms with Crippen molar-refractivity contribution in [3.8, 4) is 5.75 Å². The lowest BCUT2D eigenvalue weighted by atomic mass is 10.1. The van der Waals surface area contributed by atoms with Crippen LogP contribution in [0.3, 0.4) is 0 Å². The number of alkyl halides is 6. The summed E-state index contributed by atoms with van der Waals surface area (Å²) in [7, 11) is -4.64. The first kappa shape index (κ1) is 25.5. The first-order valence-electron chi connectivity index (χ1n) is 8.98. The van der Waals surface area contributed by atoms with E-state index in [1.807, 2.05) is 4.72 Å². The van der Waals surface area contributed by atoms with Crippen LogP contribution in [0.1, 0.15) is 24.5 Å². The Morgan fingerprint density at radius 3 is 2.09 bits per heavy atom. The van der Waals surface area contributed by atoms with E-state index >= 15 is 0 Å². The molecule has 2 N–H and O–H groups in total. The largest absolute Gasteiger partial charge is 0.493 e. The van der Waals surface area contributed by atoms with Gasteiger partial charge < -0.3 is 10.1 Å². The lowest BCUT2D eigenvalue weighted by Gasteiger charge is -2.15. The van der Waals surface area contributed by atoms with Gasteiger partial charge in [0.25, 0.3) is 0 Å². The van der Waals surface area contributed by atoms with Crippen molar-refractivity contribution < 1.29 is 44.3 Å². The normalized spacial score (nSPS) is 12.5. The van der Waals surface area contributed by atoms with Crippen LogP contribution in [0.15, 0.2) is 47.4 Å². The second-order valence-electron chi connectivity index (χ2n) is 6.55. The highest BCUT2D eigenvalue weighted by atomic mass is 32.2. The van der Waals surface area contributed by atoms with E-state index in [1.165, 1.54) is 13.0 Å². The van der Waals surface area contributed by atoms with Gasteiger partial charge in [-0.25, -0.2) is 13.1 Å². The third-order valence-corrected chi connectivity index (χ3v) is 5.35. The molecule has 0 aliphatic heterocycles. The molecule has 0 saturated carbocycles. The minimum Gasteiger partial charge on any atom is -0.493 e. The SMILES string of the molecule is CC(=O)Nc1cccc(OCCCNS(=O)(=O)c2cc(C(F)(F)F)cc(C(F)(F)F)c2)c1. The average molecular weight is 484 g/mol. The van der Waals surface area contributed by atoms with Crippen LogP contribution in [0.2, 0.25) is 0 Å². The van der Waals surface area contributed by atoms with E-state index in [0.29, 0.717) is 11.4 Å². The maximum absolute atomic E-state index is 12.9. The summed E-state index contributed by atoms with van der Waals surface area (Å²) in [5.41, 5.74) is -2.98. The maximum atomic E-state index is 12.9. The summed E-state index contributed by atoms with van der Waals surface area (Å²) in [4.78, 5) is 9.90. The fourth-order valence-electron chi connectivity index (χ4n) is 2.50. The Labute approximate surface area is 179 Å². The van der Waals surface area contributed by atoms with Crippen LogP contribution in [-0.4, -0.2) is 27.5 Å². The number of nitrogens with one attached hydrogen (secondary N) is 2. The molecular formula is C19H18F6N2O4S. The quantitative estimate of drug-likeness (QED) is 0.429. The van der Waals surface area contributed by atoms with Gasteiger partial charge in [0.1, 0.15) is 5.75 Å². The molecule has 176 valence electrons. The van der Waals surface area contributed by atoms with Crippen LogP contribution in [0, 0.1) is 0 Å². The molecule has 2 aromatic carbocycles. The smallest absolute Gasteiger partial charge is 0.416 e. The van der Waals surface area contributed by atoms with Gasteiger partial charge >= 0.3 is 12.4 Å². The summed E-state index contributed by atoms with van der Waals surface area (Å²) < 4.78 is 109. The van der Waals surface area contributed by atoms with Crippen molar-refractivity contribution in [2.45, 2.75) is 30.6 Å². The average Bonchev–Trinajstić information content (AvgIpc) is 2.65. The molecule has 13 heteroatoms. The van der Waals surface area contributed by atoms with E-state index in [9.17, 15) is 39.6 Å². The molecule has 2 rings (SSSR count). The summed E-state index contributed by atoms with van der Waals surface area (Å²) in [5.74, 6) is 0.0756. The van der Waals surface area contributed by atoms with Gasteiger partial charge in [-0.05, 0) is 36.8 Å². The zero-order valence-electron chi connectivity index (χ0n) is 16.5. The molecule has 0 aliphatic carbocycles. The van der Waals surface area contributed by atoms with Crippen LogP contribution < -0.4 is 14.8 Å². The summed E-state index contributed by atoms with van der Waals surface area (Å²) in [6.45, 7) is 1.01. The minimum absolute atomic E-state index is 0.0115. The van der Waals surface area contributed by atoms with Gasteiger partial charge in [0.15, 0.2) is 0 Å². The first-order chi connectivity index (χ1) is 14.7. The molecule has 2 aromatic rings. The van der Waals surface area contributed by atoms with Gasteiger partial charge in [-0.2, -0.15) is 26.3 Å². The highest BCUT2D eigenvalue weighted by molar-refractivity contribution is 7.89. The molecule has 0 bridgehead atoms. The molecule has 0 radical (unpaired) electrons. The number of anilines is 1. The summed E-state index contributed by atoms with van der Waals surface area (Å²) in [5, 5.41) is 2.54. The van der Waals surface area contributed by atoms with Crippen LogP contribution in [-0.2, 0) is 27.2 Å². The monoisotopic (exact) mass is 484 g/mol. The van der Waals surface area contributed by atoms with Crippen molar-refractivity contribution in [2.24, 2.45) is 0 Å². The number of benzene rings is 2. The second kappa shape index (κ2) is 9.77. The number of carbonyl (C=O) groups excluding carboxylic acids is 1. The predicted octanol–water partition coefficient (Wildman–Crippen LogP) is 4.43. The molecule has 0 aliphatic rings. The number of halogens is 6. The maximum Gasteiger partial charge on any atom is 0.416 e. The fraction of sp³-hybridized carbons (Fsp3) is 0.316. The van der Waals surface area contributed by atoms with Crippen LogP contribution in [0.25, 0.3) is 0 Å². The van der Waals surface area contributed by atoms with Crippen molar-refractivity contribution in [1.29, 1.82) is 0 Å². The van der Waals surface area contributed by atoms with Crippen LogP contribution >= 0.6 is 0 Å². The Hall–Kier alpha value is -2.80. The zero-order chi connectivity index (χ0) is 24.2. The van der Waals surface area contributed by atoms with Crippen LogP contribution in [0.5, 0.6) is 5.75 Å². The Kier molecular flexibility index (Phi) is 7.78. The van der Waals surface area contributed by atoms with Crippen molar-refractivity contribution in [3.63, 3.8) is 0 Å². The highest BCUT2D eigenvalue weighted by Crippen LogP contribution is 2.37. The summed E-state index contributed by atoms with van der Waals surface area (Å²) in [6.07, 6.45) is -10.3. The number of carbonyl (C=O) groups is 1. The van der Waals surface area contributed by atoms with E-state index < -0.39 is 38.4 Å². The standard InChI is InChI=1S/C19H18F6N2O4S/c1-12(28)27-15-4-2-5-16(11-15)31-7-3-6-26-32(29,30)17-9-13(18(20,21)22)8-14(10-17)19(23,24)25/h2,4-5,8-11,26H,3,6-7H2,1H3,(H,27,28). The zero-order valence-corrected chi connectivity index (χ0v) is 17.3. The van der Waals surface area contributed by atoms with E-state index in [4.69, 9.17) is 4.74 Å². The molecule has 0 spiro atoms. The predicted molar refractivity (Wildman–Crippen MR) is 102 cm³/mol. The molecule has 6 nitrogen and oxygen atoms in total. The molecule has 0 unspecified atom stereocenters. The molecule has 0 fully saturated rings. The van der Waals surface area contributed by atoms with Crippen molar-refractivity contribution in [2.75, 3.05) is 18.5 Å². The highest BCUT2D eigenvalue weighted by Gasteiger charge is 2.38. The fourth-order valence-corrected chi connectivity index (χ4v) is 3.64. The molecule has 0 saturated heterocycles. The number of sulfonamides is 1. The molecular weight excluding hydrogens is 466 g/mol. The number of hydrogen-bond donors (Lipinski definition) is 2. The Morgan fingerprint density at radius 1 is 0.969 bits per heavy atom. The Morgan fingerprint density at radius 2 is 1.56 bits per heavy atom. The lowest BCUT2D eigenvalue weighted by Crippen LogP contribution is -2.27. The third kappa shape index (κ3) is 7.41. The summed E-state index contributed by atoms with van der Waals surface area (Å²) >= 11 is 0.